The van der Waals surface area contributed by atoms with Crippen molar-refractivity contribution >= 4 is 34.0 Å². The fraction of sp³-hybridized carbons (Fsp3) is 0.588. The predicted octanol–water partition coefficient (Wildman–Crippen LogP) is -0.0515. The molecule has 0 amide bonds. The molecule has 4 aromatic heterocycles. The van der Waals surface area contributed by atoms with Crippen molar-refractivity contribution in [1.29, 1.82) is 0 Å². The molecule has 16 heteroatoms. The second-order valence-electron chi connectivity index (χ2n) is 12.2. The fourth-order valence-corrected chi connectivity index (χ4v) is 6.18. The Morgan fingerprint density at radius 2 is 1.22 bits per heavy atom. The van der Waals surface area contributed by atoms with Crippen LogP contribution in [0.4, 0.5) is 0 Å². The van der Waals surface area contributed by atoms with E-state index in [1.54, 1.807) is 0 Å². The molecule has 0 aromatic carbocycles. The second kappa shape index (κ2) is 20.4. The number of rotatable bonds is 13. The Balaban J connectivity index is 0.000000263. The zero-order chi connectivity index (χ0) is 33.9. The number of nitrogens with zero attached hydrogens (tertiary/aromatic N) is 8. The maximum atomic E-state index is 12.3. The Labute approximate surface area is 304 Å². The smallest absolute Gasteiger partial charge is 0.870 e. The molecule has 2 aliphatic rings. The molecule has 0 atom stereocenters. The minimum absolute atomic E-state index is 0. The topological polar surface area (TPSA) is 180 Å². The third-order valence-electron chi connectivity index (χ3n) is 8.99. The molecular weight excluding hydrogens is 639 g/mol. The van der Waals surface area contributed by atoms with E-state index in [1.807, 2.05) is 30.8 Å². The van der Waals surface area contributed by atoms with Crippen molar-refractivity contribution in [1.82, 2.24) is 38.9 Å². The zero-order valence-corrected chi connectivity index (χ0v) is 29.8. The first-order valence-corrected chi connectivity index (χ1v) is 17.0. The van der Waals surface area contributed by atoms with Crippen molar-refractivity contribution in [3.05, 3.63) is 47.6 Å². The summed E-state index contributed by atoms with van der Waals surface area (Å²) in [7, 11) is 3.91. The maximum Gasteiger partial charge on any atom is 1.00 e. The number of fused-ring (bicyclic) bond motifs is 2. The van der Waals surface area contributed by atoms with Gasteiger partial charge in [-0.25, -0.2) is 29.5 Å². The minimum atomic E-state index is -1.02. The average molecular weight is 689 g/mol. The molecule has 6 rings (SSSR count). The number of hydrogen-bond donors (Lipinski definition) is 1. The van der Waals surface area contributed by atoms with Crippen molar-refractivity contribution < 1.29 is 53.2 Å². The average Bonchev–Trinajstić information content (AvgIpc) is 3.61. The van der Waals surface area contributed by atoms with Gasteiger partial charge in [0.15, 0.2) is 11.4 Å². The van der Waals surface area contributed by atoms with Gasteiger partial charge in [0.25, 0.3) is 0 Å². The molecule has 4 aromatic rings. The largest absolute Gasteiger partial charge is 1.00 e. The van der Waals surface area contributed by atoms with Crippen molar-refractivity contribution in [2.24, 2.45) is 14.1 Å². The Hall–Kier alpha value is -3.42. The SMILES string of the molecule is CCCCOC(=O)c1ncnc2c1cc(CCCN1CCOCC1)n2C.Cn1c(CCCN2CCOCC2)cc2c(C(=O)O)ncnc21.[Li+].[OH-]. The molecule has 2 aliphatic heterocycles. The minimum Gasteiger partial charge on any atom is -0.870 e. The van der Waals surface area contributed by atoms with Gasteiger partial charge in [0.1, 0.15) is 23.9 Å². The molecule has 6 heterocycles. The number of carbonyl (C=O) groups excluding carboxylic acids is 1. The summed E-state index contributed by atoms with van der Waals surface area (Å²) < 4.78 is 20.1. The number of esters is 1. The van der Waals surface area contributed by atoms with Crippen LogP contribution in [0, 0.1) is 0 Å². The number of morpholine rings is 2. The van der Waals surface area contributed by atoms with Crippen LogP contribution >= 0.6 is 0 Å². The van der Waals surface area contributed by atoms with Crippen molar-refractivity contribution in [2.75, 3.05) is 72.3 Å². The monoisotopic (exact) mass is 688 g/mol. The third kappa shape index (κ3) is 10.5. The van der Waals surface area contributed by atoms with Crippen LogP contribution < -0.4 is 18.9 Å². The molecule has 0 unspecified atom stereocenters. The summed E-state index contributed by atoms with van der Waals surface area (Å²) in [5.74, 6) is -1.38. The molecule has 0 spiro atoms. The van der Waals surface area contributed by atoms with E-state index in [0.717, 1.165) is 127 Å². The van der Waals surface area contributed by atoms with Gasteiger partial charge in [-0.2, -0.15) is 0 Å². The van der Waals surface area contributed by atoms with Gasteiger partial charge in [-0.3, -0.25) is 9.80 Å². The Kier molecular flexibility index (Phi) is 16.8. The Morgan fingerprint density at radius 1 is 0.760 bits per heavy atom. The summed E-state index contributed by atoms with van der Waals surface area (Å²) in [6.07, 6.45) is 8.53. The van der Waals surface area contributed by atoms with E-state index >= 15 is 0 Å². The maximum absolute atomic E-state index is 12.3. The van der Waals surface area contributed by atoms with Gasteiger partial charge in [0, 0.05) is 51.7 Å². The first-order chi connectivity index (χ1) is 23.4. The molecule has 2 N–H and O–H groups in total. The molecule has 0 aliphatic carbocycles. The van der Waals surface area contributed by atoms with E-state index in [0.29, 0.717) is 23.3 Å². The van der Waals surface area contributed by atoms with E-state index < -0.39 is 5.97 Å². The zero-order valence-electron chi connectivity index (χ0n) is 29.8. The summed E-state index contributed by atoms with van der Waals surface area (Å²) in [4.78, 5) is 45.0. The molecule has 0 bridgehead atoms. The van der Waals surface area contributed by atoms with Crippen molar-refractivity contribution in [3.63, 3.8) is 0 Å². The van der Waals surface area contributed by atoms with Gasteiger partial charge in [0.05, 0.1) is 43.8 Å². The van der Waals surface area contributed by atoms with Gasteiger partial charge in [-0.15, -0.1) is 0 Å². The van der Waals surface area contributed by atoms with Crippen LogP contribution in [0.25, 0.3) is 22.1 Å². The Morgan fingerprint density at radius 3 is 1.68 bits per heavy atom. The van der Waals surface area contributed by atoms with Crippen LogP contribution in [0.2, 0.25) is 0 Å². The summed E-state index contributed by atoms with van der Waals surface area (Å²) in [6.45, 7) is 11.9. The van der Waals surface area contributed by atoms with Crippen molar-refractivity contribution in [2.45, 2.75) is 45.4 Å². The molecule has 50 heavy (non-hydrogen) atoms. The number of unbranched alkanes of at least 4 members (excludes halogenated alkanes) is 1. The summed E-state index contributed by atoms with van der Waals surface area (Å²) >= 11 is 0. The van der Waals surface area contributed by atoms with E-state index in [1.165, 1.54) is 12.7 Å². The number of carbonyl (C=O) groups is 2. The standard InChI is InChI=1S/C19H28N4O3.C15H20N4O3.Li.H2O/c1-3-4-10-26-19(24)17-16-13-15(22(2)18(16)21-14-20-17)6-5-7-23-8-11-25-12-9-23;1-18-11(3-2-4-19-5-7-22-8-6-19)9-12-13(15(20)21)16-10-17-14(12)18;;/h13-14H,3-12H2,1-2H3;9-10H,2-8H2,1H3,(H,20,21);;1H2/q;;+1;/p-1. The van der Waals surface area contributed by atoms with Crippen LogP contribution in [0.3, 0.4) is 0 Å². The first kappa shape index (κ1) is 41.0. The third-order valence-corrected chi connectivity index (χ3v) is 8.99. The molecule has 15 nitrogen and oxygen atoms in total. The number of aromatic carboxylic acids is 1. The predicted molar refractivity (Wildman–Crippen MR) is 182 cm³/mol. The molecule has 2 saturated heterocycles. The molecule has 2 fully saturated rings. The number of hydrogen-bond acceptors (Lipinski definition) is 12. The number of aromatic nitrogens is 6. The second-order valence-corrected chi connectivity index (χ2v) is 12.2. The van der Waals surface area contributed by atoms with Crippen LogP contribution in [0.1, 0.15) is 65.0 Å². The summed E-state index contributed by atoms with van der Waals surface area (Å²) in [6, 6.07) is 3.93. The van der Waals surface area contributed by atoms with Gasteiger partial charge in [-0.05, 0) is 57.3 Å². The number of carboxylic acid groups (broad SMARTS) is 1. The van der Waals surface area contributed by atoms with Crippen molar-refractivity contribution in [3.8, 4) is 0 Å². The van der Waals surface area contributed by atoms with Gasteiger partial charge < -0.3 is 33.9 Å². The molecule has 0 radical (unpaired) electrons. The van der Waals surface area contributed by atoms with E-state index in [-0.39, 0.29) is 36.0 Å². The number of aryl methyl sites for hydroxylation is 4. The fourth-order valence-electron chi connectivity index (χ4n) is 6.18. The number of ether oxygens (including phenoxy) is 3. The normalized spacial score (nSPS) is 15.2. The van der Waals surface area contributed by atoms with E-state index in [4.69, 9.17) is 14.2 Å². The summed E-state index contributed by atoms with van der Waals surface area (Å²) in [5.41, 5.74) is 4.14. The van der Waals surface area contributed by atoms with Crippen LogP contribution in [-0.4, -0.2) is 134 Å². The first-order valence-electron chi connectivity index (χ1n) is 17.0. The van der Waals surface area contributed by atoms with Crippen LogP contribution in [-0.2, 0) is 41.1 Å². The van der Waals surface area contributed by atoms with Gasteiger partial charge in [0.2, 0.25) is 0 Å². The van der Waals surface area contributed by atoms with Crippen LogP contribution in [0.5, 0.6) is 0 Å². The summed E-state index contributed by atoms with van der Waals surface area (Å²) in [5, 5.41) is 10.6. The Bertz CT molecular complexity index is 1670. The molecular formula is C34H49LiN8O7. The molecule has 0 saturated carbocycles. The van der Waals surface area contributed by atoms with E-state index in [9.17, 15) is 14.7 Å². The van der Waals surface area contributed by atoms with Crippen LogP contribution in [0.15, 0.2) is 24.8 Å². The quantitative estimate of drug-likeness (QED) is 0.112. The number of carboxylic acids is 1. The molecule has 268 valence electrons. The van der Waals surface area contributed by atoms with Gasteiger partial charge >= 0.3 is 30.8 Å². The van der Waals surface area contributed by atoms with E-state index in [2.05, 4.69) is 41.2 Å². The van der Waals surface area contributed by atoms with Gasteiger partial charge in [-0.1, -0.05) is 13.3 Å².